The number of alkyl halides is 2. The number of aromatic nitrogens is 3. The number of anilines is 1. The summed E-state index contributed by atoms with van der Waals surface area (Å²) in [5, 5.41) is 11.4. The highest BCUT2D eigenvalue weighted by atomic mass is 19.3. The summed E-state index contributed by atoms with van der Waals surface area (Å²) in [6, 6.07) is 2.80. The summed E-state index contributed by atoms with van der Waals surface area (Å²) in [6.45, 7) is 4.04. The van der Waals surface area contributed by atoms with E-state index in [1.807, 2.05) is 13.8 Å². The molecule has 0 saturated carbocycles. The summed E-state index contributed by atoms with van der Waals surface area (Å²) >= 11 is 0. The van der Waals surface area contributed by atoms with E-state index in [4.69, 9.17) is 0 Å². The van der Waals surface area contributed by atoms with E-state index in [-0.39, 0.29) is 17.7 Å². The van der Waals surface area contributed by atoms with Gasteiger partial charge in [-0.3, -0.25) is 0 Å². The van der Waals surface area contributed by atoms with Crippen LogP contribution in [-0.2, 0) is 0 Å². The molecule has 130 valence electrons. The van der Waals surface area contributed by atoms with Crippen molar-refractivity contribution in [3.63, 3.8) is 0 Å². The first kappa shape index (κ1) is 15.7. The van der Waals surface area contributed by atoms with Crippen LogP contribution in [0.1, 0.15) is 63.1 Å². The fourth-order valence-electron chi connectivity index (χ4n) is 4.00. The highest BCUT2D eigenvalue weighted by molar-refractivity contribution is 5.56. The van der Waals surface area contributed by atoms with Crippen molar-refractivity contribution in [2.45, 2.75) is 70.0 Å². The Balaban J connectivity index is 1.70. The Bertz CT molecular complexity index is 730. The molecule has 0 amide bonds. The molecule has 2 N–H and O–H groups in total. The smallest absolute Gasteiger partial charge is 0.280 e. The van der Waals surface area contributed by atoms with Crippen molar-refractivity contribution >= 4 is 11.5 Å². The normalized spacial score (nSPS) is 26.7. The topological polar surface area (TPSA) is 54.2 Å². The lowest BCUT2D eigenvalue weighted by Crippen LogP contribution is -2.43. The second kappa shape index (κ2) is 5.95. The molecule has 7 heteroatoms. The molecule has 24 heavy (non-hydrogen) atoms. The van der Waals surface area contributed by atoms with Crippen molar-refractivity contribution in [2.75, 3.05) is 5.32 Å². The van der Waals surface area contributed by atoms with Gasteiger partial charge in [-0.15, -0.1) is 0 Å². The van der Waals surface area contributed by atoms with Crippen molar-refractivity contribution in [3.8, 4) is 0 Å². The van der Waals surface area contributed by atoms with Crippen LogP contribution in [0.15, 0.2) is 12.3 Å². The minimum Gasteiger partial charge on any atom is -0.367 e. The molecule has 4 rings (SSSR count). The summed E-state index contributed by atoms with van der Waals surface area (Å²) in [4.78, 5) is 4.15. The quantitative estimate of drug-likeness (QED) is 0.898. The van der Waals surface area contributed by atoms with Crippen molar-refractivity contribution in [3.05, 3.63) is 23.5 Å². The molecule has 2 bridgehead atoms. The molecular weight excluding hydrogens is 312 g/mol. The SMILES string of the molecule is CC(C)c1cnn2c(NC3CC4CCC(C3)N4)cc(C(F)F)nc12. The van der Waals surface area contributed by atoms with E-state index in [9.17, 15) is 8.78 Å². The first-order chi connectivity index (χ1) is 11.5. The number of fused-ring (bicyclic) bond motifs is 3. The maximum absolute atomic E-state index is 13.3. The first-order valence-corrected chi connectivity index (χ1v) is 8.70. The lowest BCUT2D eigenvalue weighted by molar-refractivity contribution is 0.146. The summed E-state index contributed by atoms with van der Waals surface area (Å²) in [5.41, 5.74) is 1.23. The standard InChI is InChI=1S/C17H23F2N5/c1-9(2)13-8-20-24-15(7-14(16(18)19)23-17(13)24)22-12-5-10-3-4-11(6-12)21-10/h7-12,16,21-22H,3-6H2,1-2H3. The zero-order chi connectivity index (χ0) is 16.8. The van der Waals surface area contributed by atoms with Gasteiger partial charge in [0, 0.05) is 29.8 Å². The van der Waals surface area contributed by atoms with E-state index in [1.54, 1.807) is 10.7 Å². The summed E-state index contributed by atoms with van der Waals surface area (Å²) in [5.74, 6) is 0.805. The van der Waals surface area contributed by atoms with Gasteiger partial charge in [-0.1, -0.05) is 13.8 Å². The summed E-state index contributed by atoms with van der Waals surface area (Å²) in [7, 11) is 0. The van der Waals surface area contributed by atoms with Crippen LogP contribution < -0.4 is 10.6 Å². The second-order valence-corrected chi connectivity index (χ2v) is 7.31. The largest absolute Gasteiger partial charge is 0.367 e. The van der Waals surface area contributed by atoms with Crippen LogP contribution in [0.25, 0.3) is 5.65 Å². The van der Waals surface area contributed by atoms with E-state index in [2.05, 4.69) is 20.7 Å². The van der Waals surface area contributed by atoms with Crippen LogP contribution in [0.3, 0.4) is 0 Å². The Morgan fingerprint density at radius 3 is 2.58 bits per heavy atom. The predicted octanol–water partition coefficient (Wildman–Crippen LogP) is 3.49. The lowest BCUT2D eigenvalue weighted by atomic mass is 10.00. The van der Waals surface area contributed by atoms with Crippen LogP contribution in [0.4, 0.5) is 14.6 Å². The molecule has 2 aliphatic rings. The average molecular weight is 335 g/mol. The first-order valence-electron chi connectivity index (χ1n) is 8.70. The Labute approximate surface area is 139 Å². The molecule has 0 aliphatic carbocycles. The molecule has 0 aromatic carbocycles. The Hall–Kier alpha value is -1.76. The second-order valence-electron chi connectivity index (χ2n) is 7.31. The maximum Gasteiger partial charge on any atom is 0.280 e. The molecule has 0 spiro atoms. The zero-order valence-electron chi connectivity index (χ0n) is 14.0. The molecule has 2 aromatic heterocycles. The number of rotatable bonds is 4. The van der Waals surface area contributed by atoms with Crippen LogP contribution in [0, 0.1) is 0 Å². The summed E-state index contributed by atoms with van der Waals surface area (Å²) < 4.78 is 28.3. The Morgan fingerprint density at radius 2 is 1.96 bits per heavy atom. The van der Waals surface area contributed by atoms with Crippen molar-refractivity contribution in [1.82, 2.24) is 19.9 Å². The third-order valence-electron chi connectivity index (χ3n) is 5.19. The van der Waals surface area contributed by atoms with Gasteiger partial charge in [-0.25, -0.2) is 13.8 Å². The van der Waals surface area contributed by atoms with Gasteiger partial charge in [0.05, 0.1) is 6.20 Å². The van der Waals surface area contributed by atoms with Crippen molar-refractivity contribution < 1.29 is 8.78 Å². The van der Waals surface area contributed by atoms with Gasteiger partial charge >= 0.3 is 0 Å². The lowest BCUT2D eigenvalue weighted by Gasteiger charge is -2.30. The number of piperidine rings is 1. The average Bonchev–Trinajstić information content (AvgIpc) is 3.10. The number of nitrogens with zero attached hydrogens (tertiary/aromatic N) is 3. The molecule has 4 heterocycles. The van der Waals surface area contributed by atoms with Gasteiger partial charge in [0.2, 0.25) is 0 Å². The minimum absolute atomic E-state index is 0.186. The third-order valence-corrected chi connectivity index (χ3v) is 5.19. The number of hydrogen-bond donors (Lipinski definition) is 2. The molecule has 2 aromatic rings. The Morgan fingerprint density at radius 1 is 1.25 bits per heavy atom. The molecular formula is C17H23F2N5. The Kier molecular flexibility index (Phi) is 3.90. The highest BCUT2D eigenvalue weighted by Crippen LogP contribution is 2.31. The van der Waals surface area contributed by atoms with Crippen LogP contribution >= 0.6 is 0 Å². The predicted molar refractivity (Wildman–Crippen MR) is 88.6 cm³/mol. The van der Waals surface area contributed by atoms with Gasteiger partial charge in [0.1, 0.15) is 11.5 Å². The van der Waals surface area contributed by atoms with Crippen molar-refractivity contribution in [2.24, 2.45) is 0 Å². The highest BCUT2D eigenvalue weighted by Gasteiger charge is 2.33. The number of nitrogens with one attached hydrogen (secondary N) is 2. The number of hydrogen-bond acceptors (Lipinski definition) is 4. The van der Waals surface area contributed by atoms with Crippen LogP contribution in [-0.4, -0.2) is 32.7 Å². The maximum atomic E-state index is 13.3. The molecule has 2 aliphatic heterocycles. The van der Waals surface area contributed by atoms with E-state index in [0.717, 1.165) is 18.4 Å². The van der Waals surface area contributed by atoms with E-state index >= 15 is 0 Å². The van der Waals surface area contributed by atoms with E-state index in [1.165, 1.54) is 18.9 Å². The molecule has 2 unspecified atom stereocenters. The van der Waals surface area contributed by atoms with Gasteiger partial charge in [0.15, 0.2) is 5.65 Å². The zero-order valence-corrected chi connectivity index (χ0v) is 14.0. The molecule has 2 saturated heterocycles. The van der Waals surface area contributed by atoms with E-state index < -0.39 is 6.43 Å². The van der Waals surface area contributed by atoms with E-state index in [0.29, 0.717) is 23.5 Å². The molecule has 2 atom stereocenters. The summed E-state index contributed by atoms with van der Waals surface area (Å²) in [6.07, 6.45) is 3.59. The van der Waals surface area contributed by atoms with Crippen molar-refractivity contribution in [1.29, 1.82) is 0 Å². The fraction of sp³-hybridized carbons (Fsp3) is 0.647. The molecule has 0 radical (unpaired) electrons. The van der Waals surface area contributed by atoms with Gasteiger partial charge in [-0.05, 0) is 31.6 Å². The van der Waals surface area contributed by atoms with Gasteiger partial charge in [-0.2, -0.15) is 9.61 Å². The number of halogens is 2. The molecule has 5 nitrogen and oxygen atoms in total. The fourth-order valence-corrected chi connectivity index (χ4v) is 4.00. The third kappa shape index (κ3) is 2.75. The van der Waals surface area contributed by atoms with Crippen LogP contribution in [0.2, 0.25) is 0 Å². The van der Waals surface area contributed by atoms with Crippen LogP contribution in [0.5, 0.6) is 0 Å². The van der Waals surface area contributed by atoms with Gasteiger partial charge < -0.3 is 10.6 Å². The minimum atomic E-state index is -2.59. The van der Waals surface area contributed by atoms with Gasteiger partial charge in [0.25, 0.3) is 6.43 Å². The molecule has 2 fully saturated rings. The monoisotopic (exact) mass is 335 g/mol.